The van der Waals surface area contributed by atoms with E-state index in [-0.39, 0.29) is 6.04 Å². The number of guanidine groups is 1. The van der Waals surface area contributed by atoms with Gasteiger partial charge in [-0.05, 0) is 25.3 Å². The summed E-state index contributed by atoms with van der Waals surface area (Å²) in [6.45, 7) is 4.00. The van der Waals surface area contributed by atoms with Gasteiger partial charge in [0.05, 0.1) is 0 Å². The summed E-state index contributed by atoms with van der Waals surface area (Å²) < 4.78 is 0. The number of nitrogens with one attached hydrogen (secondary N) is 1. The third kappa shape index (κ3) is 2.75. The molecule has 0 aliphatic carbocycles. The van der Waals surface area contributed by atoms with Crippen molar-refractivity contribution in [3.63, 3.8) is 0 Å². The molecule has 0 atom stereocenters. The molecule has 0 aromatic heterocycles. The Morgan fingerprint density at radius 1 is 1.12 bits per heavy atom. The lowest BCUT2D eigenvalue weighted by Crippen LogP contribution is -2.24. The number of hydrogen-bond donors (Lipinski definition) is 2. The standard InChI is InChI=1S/C14H17N3/c1-10(2)16-14(15)17-13-9-5-7-11-6-3-4-8-12(11)13/h3-10H,1-2H3,(H3,15,16,17). The van der Waals surface area contributed by atoms with Crippen LogP contribution in [0.3, 0.4) is 0 Å². The molecule has 2 aromatic rings. The van der Waals surface area contributed by atoms with Crippen LogP contribution in [-0.4, -0.2) is 12.0 Å². The van der Waals surface area contributed by atoms with E-state index in [9.17, 15) is 0 Å². The van der Waals surface area contributed by atoms with Gasteiger partial charge in [-0.15, -0.1) is 0 Å². The number of nitrogens with zero attached hydrogens (tertiary/aromatic N) is 1. The number of anilines is 1. The maximum absolute atomic E-state index is 5.84. The monoisotopic (exact) mass is 227 g/mol. The summed E-state index contributed by atoms with van der Waals surface area (Å²) in [4.78, 5) is 4.26. The number of nitrogens with two attached hydrogens (primary N) is 1. The van der Waals surface area contributed by atoms with Gasteiger partial charge in [0, 0.05) is 17.1 Å². The van der Waals surface area contributed by atoms with Gasteiger partial charge < -0.3 is 11.1 Å². The number of benzene rings is 2. The molecule has 0 fully saturated rings. The molecule has 17 heavy (non-hydrogen) atoms. The predicted octanol–water partition coefficient (Wildman–Crippen LogP) is 2.97. The molecule has 0 unspecified atom stereocenters. The van der Waals surface area contributed by atoms with Gasteiger partial charge in [0.15, 0.2) is 5.96 Å². The third-order valence-electron chi connectivity index (χ3n) is 2.45. The van der Waals surface area contributed by atoms with E-state index < -0.39 is 0 Å². The Balaban J connectivity index is 2.36. The highest BCUT2D eigenvalue weighted by atomic mass is 15.1. The van der Waals surface area contributed by atoms with E-state index in [1.165, 1.54) is 5.39 Å². The van der Waals surface area contributed by atoms with E-state index >= 15 is 0 Å². The van der Waals surface area contributed by atoms with Crippen LogP contribution in [0.5, 0.6) is 0 Å². The summed E-state index contributed by atoms with van der Waals surface area (Å²) in [5.74, 6) is 0.455. The van der Waals surface area contributed by atoms with Gasteiger partial charge in [-0.3, -0.25) is 4.99 Å². The molecule has 0 aliphatic rings. The van der Waals surface area contributed by atoms with E-state index in [4.69, 9.17) is 5.73 Å². The van der Waals surface area contributed by atoms with Gasteiger partial charge in [0.1, 0.15) is 0 Å². The summed E-state index contributed by atoms with van der Waals surface area (Å²) in [5.41, 5.74) is 6.83. The second-order valence-electron chi connectivity index (χ2n) is 4.26. The molecule has 2 aromatic carbocycles. The fourth-order valence-electron chi connectivity index (χ4n) is 1.78. The van der Waals surface area contributed by atoms with Crippen molar-refractivity contribution >= 4 is 22.4 Å². The molecule has 3 heteroatoms. The Hall–Kier alpha value is -2.03. The molecule has 0 radical (unpaired) electrons. The molecular formula is C14H17N3. The number of aliphatic imine (C=N–C) groups is 1. The van der Waals surface area contributed by atoms with Crippen molar-refractivity contribution in [3.8, 4) is 0 Å². The fourth-order valence-corrected chi connectivity index (χ4v) is 1.78. The zero-order valence-corrected chi connectivity index (χ0v) is 10.1. The highest BCUT2D eigenvalue weighted by molar-refractivity contribution is 6.02. The minimum atomic E-state index is 0.192. The first-order chi connectivity index (χ1) is 8.16. The van der Waals surface area contributed by atoms with Crippen LogP contribution in [0, 0.1) is 0 Å². The highest BCUT2D eigenvalue weighted by Gasteiger charge is 2.01. The van der Waals surface area contributed by atoms with Crippen LogP contribution in [0.1, 0.15) is 13.8 Å². The normalized spacial score (nSPS) is 12.1. The average molecular weight is 227 g/mol. The molecule has 0 saturated heterocycles. The van der Waals surface area contributed by atoms with Gasteiger partial charge in [0.25, 0.3) is 0 Å². The van der Waals surface area contributed by atoms with E-state index in [1.54, 1.807) is 0 Å². The first-order valence-corrected chi connectivity index (χ1v) is 5.75. The van der Waals surface area contributed by atoms with Crippen LogP contribution in [0.15, 0.2) is 47.5 Å². The second kappa shape index (κ2) is 4.87. The zero-order chi connectivity index (χ0) is 12.3. The Morgan fingerprint density at radius 3 is 2.59 bits per heavy atom. The number of rotatable bonds is 2. The molecular weight excluding hydrogens is 210 g/mol. The first kappa shape index (κ1) is 11.5. The molecule has 0 heterocycles. The van der Waals surface area contributed by atoms with Gasteiger partial charge in [0.2, 0.25) is 0 Å². The lowest BCUT2D eigenvalue weighted by atomic mass is 10.1. The summed E-state index contributed by atoms with van der Waals surface area (Å²) in [5, 5.41) is 5.48. The molecule has 88 valence electrons. The first-order valence-electron chi connectivity index (χ1n) is 5.75. The topological polar surface area (TPSA) is 50.4 Å². The molecule has 0 bridgehead atoms. The highest BCUT2D eigenvalue weighted by Crippen LogP contribution is 2.22. The van der Waals surface area contributed by atoms with Crippen molar-refractivity contribution in [1.29, 1.82) is 0 Å². The molecule has 3 nitrogen and oxygen atoms in total. The van der Waals surface area contributed by atoms with E-state index in [0.29, 0.717) is 5.96 Å². The third-order valence-corrected chi connectivity index (χ3v) is 2.45. The summed E-state index contributed by atoms with van der Waals surface area (Å²) in [6.07, 6.45) is 0. The largest absolute Gasteiger partial charge is 0.370 e. The van der Waals surface area contributed by atoms with Crippen molar-refractivity contribution in [1.82, 2.24) is 0 Å². The summed E-state index contributed by atoms with van der Waals surface area (Å²) in [7, 11) is 0. The Bertz CT molecular complexity index is 539. The van der Waals surface area contributed by atoms with Crippen LogP contribution in [-0.2, 0) is 0 Å². The lowest BCUT2D eigenvalue weighted by Gasteiger charge is -2.09. The van der Waals surface area contributed by atoms with Crippen LogP contribution in [0.4, 0.5) is 5.69 Å². The van der Waals surface area contributed by atoms with Crippen molar-refractivity contribution in [2.45, 2.75) is 19.9 Å². The average Bonchev–Trinajstić information content (AvgIpc) is 2.28. The minimum Gasteiger partial charge on any atom is -0.370 e. The molecule has 0 spiro atoms. The second-order valence-corrected chi connectivity index (χ2v) is 4.26. The Morgan fingerprint density at radius 2 is 1.82 bits per heavy atom. The molecule has 0 aliphatic heterocycles. The van der Waals surface area contributed by atoms with Crippen LogP contribution in [0.25, 0.3) is 10.8 Å². The predicted molar refractivity (Wildman–Crippen MR) is 74.3 cm³/mol. The van der Waals surface area contributed by atoms with E-state index in [2.05, 4.69) is 28.5 Å². The van der Waals surface area contributed by atoms with Gasteiger partial charge in [-0.2, -0.15) is 0 Å². The van der Waals surface area contributed by atoms with Crippen molar-refractivity contribution in [2.75, 3.05) is 5.32 Å². The van der Waals surface area contributed by atoms with Crippen molar-refractivity contribution in [2.24, 2.45) is 10.7 Å². The van der Waals surface area contributed by atoms with Gasteiger partial charge in [-0.1, -0.05) is 36.4 Å². The smallest absolute Gasteiger partial charge is 0.193 e. The molecule has 3 N–H and O–H groups in total. The maximum Gasteiger partial charge on any atom is 0.193 e. The summed E-state index contributed by atoms with van der Waals surface area (Å²) in [6, 6.07) is 14.5. The van der Waals surface area contributed by atoms with Gasteiger partial charge in [-0.25, -0.2) is 0 Å². The Labute approximate surface area is 101 Å². The van der Waals surface area contributed by atoms with Crippen LogP contribution >= 0.6 is 0 Å². The Kier molecular flexibility index (Phi) is 3.28. The van der Waals surface area contributed by atoms with Crippen molar-refractivity contribution in [3.05, 3.63) is 42.5 Å². The van der Waals surface area contributed by atoms with Crippen LogP contribution < -0.4 is 11.1 Å². The van der Waals surface area contributed by atoms with E-state index in [0.717, 1.165) is 11.1 Å². The SMILES string of the molecule is CC(C)N=C(N)Nc1cccc2ccccc12. The molecule has 0 amide bonds. The van der Waals surface area contributed by atoms with Gasteiger partial charge >= 0.3 is 0 Å². The fraction of sp³-hybridized carbons (Fsp3) is 0.214. The number of hydrogen-bond acceptors (Lipinski definition) is 1. The maximum atomic E-state index is 5.84. The quantitative estimate of drug-likeness (QED) is 0.612. The number of fused-ring (bicyclic) bond motifs is 1. The molecule has 2 rings (SSSR count). The zero-order valence-electron chi connectivity index (χ0n) is 10.1. The molecule has 0 saturated carbocycles. The summed E-state index contributed by atoms with van der Waals surface area (Å²) >= 11 is 0. The lowest BCUT2D eigenvalue weighted by molar-refractivity contribution is 0.833. The minimum absolute atomic E-state index is 0.192. The van der Waals surface area contributed by atoms with Crippen molar-refractivity contribution < 1.29 is 0 Å². The van der Waals surface area contributed by atoms with E-state index in [1.807, 2.05) is 38.1 Å². The van der Waals surface area contributed by atoms with Crippen LogP contribution in [0.2, 0.25) is 0 Å².